The molecule has 0 aromatic rings. The molecule has 0 saturated heterocycles. The minimum absolute atomic E-state index is 0.825. The van der Waals surface area contributed by atoms with E-state index in [1.54, 1.807) is 5.57 Å². The van der Waals surface area contributed by atoms with Gasteiger partial charge in [0.2, 0.25) is 0 Å². The highest BCUT2D eigenvalue weighted by Gasteiger charge is 2.27. The van der Waals surface area contributed by atoms with Gasteiger partial charge in [-0.3, -0.25) is 0 Å². The molecule has 0 aromatic carbocycles. The molecule has 98 valence electrons. The Balaban J connectivity index is 1.95. The molecular weight excluding hydrogens is 206 g/mol. The molecule has 0 aliphatic heterocycles. The van der Waals surface area contributed by atoms with Gasteiger partial charge in [0.25, 0.3) is 0 Å². The Morgan fingerprint density at radius 2 is 2.00 bits per heavy atom. The molecule has 0 radical (unpaired) electrons. The number of nitrogens with one attached hydrogen (secondary N) is 1. The standard InChI is InChI=1S/C16H29N/c1-3-13(4-2)16(12-17-15-10-11-15)14-8-6-5-7-9-14/h8,13,15-17H,3-7,9-12H2,1-2H3. The van der Waals surface area contributed by atoms with Crippen LogP contribution < -0.4 is 5.32 Å². The third kappa shape index (κ3) is 3.84. The van der Waals surface area contributed by atoms with Crippen molar-refractivity contribution in [1.29, 1.82) is 0 Å². The van der Waals surface area contributed by atoms with Gasteiger partial charge >= 0.3 is 0 Å². The van der Waals surface area contributed by atoms with Crippen molar-refractivity contribution in [1.82, 2.24) is 5.32 Å². The molecule has 1 nitrogen and oxygen atoms in total. The van der Waals surface area contributed by atoms with Crippen molar-refractivity contribution in [2.75, 3.05) is 6.54 Å². The van der Waals surface area contributed by atoms with Crippen LogP contribution in [0.1, 0.15) is 65.2 Å². The monoisotopic (exact) mass is 235 g/mol. The van der Waals surface area contributed by atoms with E-state index in [1.807, 2.05) is 0 Å². The maximum Gasteiger partial charge on any atom is 0.00684 e. The van der Waals surface area contributed by atoms with E-state index in [2.05, 4.69) is 25.2 Å². The van der Waals surface area contributed by atoms with Crippen molar-refractivity contribution in [3.05, 3.63) is 11.6 Å². The highest BCUT2D eigenvalue weighted by atomic mass is 14.9. The second-order valence-electron chi connectivity index (χ2n) is 5.89. The van der Waals surface area contributed by atoms with Crippen LogP contribution in [0.4, 0.5) is 0 Å². The average molecular weight is 235 g/mol. The first kappa shape index (κ1) is 13.1. The molecule has 2 rings (SSSR count). The van der Waals surface area contributed by atoms with E-state index >= 15 is 0 Å². The van der Waals surface area contributed by atoms with Gasteiger partial charge in [-0.1, -0.05) is 38.3 Å². The van der Waals surface area contributed by atoms with E-state index in [1.165, 1.54) is 57.9 Å². The second-order valence-corrected chi connectivity index (χ2v) is 5.89. The molecule has 17 heavy (non-hydrogen) atoms. The van der Waals surface area contributed by atoms with E-state index in [0.29, 0.717) is 0 Å². The molecule has 0 heterocycles. The van der Waals surface area contributed by atoms with Crippen molar-refractivity contribution < 1.29 is 0 Å². The lowest BCUT2D eigenvalue weighted by atomic mass is 9.78. The molecule has 0 aromatic heterocycles. The predicted molar refractivity (Wildman–Crippen MR) is 75.1 cm³/mol. The molecule has 1 heteroatoms. The first-order valence-electron chi connectivity index (χ1n) is 7.77. The summed E-state index contributed by atoms with van der Waals surface area (Å²) in [7, 11) is 0. The average Bonchev–Trinajstić information content (AvgIpc) is 3.19. The van der Waals surface area contributed by atoms with Crippen LogP contribution in [-0.2, 0) is 0 Å². The molecule has 1 fully saturated rings. The third-order valence-electron chi connectivity index (χ3n) is 4.62. The first-order valence-corrected chi connectivity index (χ1v) is 7.77. The van der Waals surface area contributed by atoms with E-state index in [9.17, 15) is 0 Å². The van der Waals surface area contributed by atoms with Crippen LogP contribution in [0.15, 0.2) is 11.6 Å². The molecule has 1 unspecified atom stereocenters. The highest BCUT2D eigenvalue weighted by molar-refractivity contribution is 5.11. The fourth-order valence-electron chi connectivity index (χ4n) is 3.24. The minimum atomic E-state index is 0.825. The van der Waals surface area contributed by atoms with Gasteiger partial charge in [-0.15, -0.1) is 0 Å². The zero-order chi connectivity index (χ0) is 12.1. The van der Waals surface area contributed by atoms with Gasteiger partial charge in [0.05, 0.1) is 0 Å². The Morgan fingerprint density at radius 1 is 1.24 bits per heavy atom. The molecule has 2 aliphatic carbocycles. The Morgan fingerprint density at radius 3 is 2.53 bits per heavy atom. The zero-order valence-electron chi connectivity index (χ0n) is 11.7. The van der Waals surface area contributed by atoms with Crippen molar-refractivity contribution in [3.8, 4) is 0 Å². The smallest absolute Gasteiger partial charge is 0.00684 e. The molecule has 0 bridgehead atoms. The van der Waals surface area contributed by atoms with Gasteiger partial charge in [-0.2, -0.15) is 0 Å². The third-order valence-corrected chi connectivity index (χ3v) is 4.62. The molecular formula is C16H29N. The molecule has 2 aliphatic rings. The summed E-state index contributed by atoms with van der Waals surface area (Å²) in [4.78, 5) is 0. The fraction of sp³-hybridized carbons (Fsp3) is 0.875. The summed E-state index contributed by atoms with van der Waals surface area (Å²) >= 11 is 0. The van der Waals surface area contributed by atoms with Gasteiger partial charge < -0.3 is 5.32 Å². The van der Waals surface area contributed by atoms with Crippen LogP contribution >= 0.6 is 0 Å². The summed E-state index contributed by atoms with van der Waals surface area (Å²) in [6.07, 6.45) is 13.6. The van der Waals surface area contributed by atoms with Gasteiger partial charge in [-0.05, 0) is 50.4 Å². The van der Waals surface area contributed by atoms with E-state index < -0.39 is 0 Å². The first-order chi connectivity index (χ1) is 8.35. The fourth-order valence-corrected chi connectivity index (χ4v) is 3.24. The summed E-state index contributed by atoms with van der Waals surface area (Å²) in [6, 6.07) is 0.857. The number of hydrogen-bond donors (Lipinski definition) is 1. The molecule has 0 spiro atoms. The van der Waals surface area contributed by atoms with Gasteiger partial charge in [0.15, 0.2) is 0 Å². The van der Waals surface area contributed by atoms with E-state index in [0.717, 1.165) is 17.9 Å². The lowest BCUT2D eigenvalue weighted by molar-refractivity contribution is 0.327. The van der Waals surface area contributed by atoms with Crippen LogP contribution in [-0.4, -0.2) is 12.6 Å². The zero-order valence-corrected chi connectivity index (χ0v) is 11.7. The molecule has 1 atom stereocenters. The predicted octanol–water partition coefficient (Wildman–Crippen LogP) is 4.29. The lowest BCUT2D eigenvalue weighted by Crippen LogP contribution is -2.31. The topological polar surface area (TPSA) is 12.0 Å². The molecule has 1 saturated carbocycles. The summed E-state index contributed by atoms with van der Waals surface area (Å²) < 4.78 is 0. The summed E-state index contributed by atoms with van der Waals surface area (Å²) in [5, 5.41) is 3.76. The van der Waals surface area contributed by atoms with Crippen molar-refractivity contribution in [3.63, 3.8) is 0 Å². The SMILES string of the molecule is CCC(CC)C(CNC1CC1)C1=CCCCC1. The Kier molecular flexibility index (Phi) is 5.09. The van der Waals surface area contributed by atoms with Crippen molar-refractivity contribution >= 4 is 0 Å². The number of allylic oxidation sites excluding steroid dienone is 1. The van der Waals surface area contributed by atoms with Crippen molar-refractivity contribution in [2.45, 2.75) is 71.3 Å². The highest BCUT2D eigenvalue weighted by Crippen LogP contribution is 2.33. The normalized spacial score (nSPS) is 22.6. The van der Waals surface area contributed by atoms with E-state index in [-0.39, 0.29) is 0 Å². The van der Waals surface area contributed by atoms with E-state index in [4.69, 9.17) is 0 Å². The maximum absolute atomic E-state index is 3.76. The molecule has 1 N–H and O–H groups in total. The summed E-state index contributed by atoms with van der Waals surface area (Å²) in [5.41, 5.74) is 1.78. The largest absolute Gasteiger partial charge is 0.313 e. The van der Waals surface area contributed by atoms with Crippen LogP contribution in [0, 0.1) is 11.8 Å². The van der Waals surface area contributed by atoms with Crippen LogP contribution in [0.5, 0.6) is 0 Å². The summed E-state index contributed by atoms with van der Waals surface area (Å²) in [5.74, 6) is 1.72. The van der Waals surface area contributed by atoms with Crippen LogP contribution in [0.25, 0.3) is 0 Å². The minimum Gasteiger partial charge on any atom is -0.313 e. The Bertz CT molecular complexity index is 248. The number of rotatable bonds is 7. The number of hydrogen-bond acceptors (Lipinski definition) is 1. The lowest BCUT2D eigenvalue weighted by Gasteiger charge is -2.30. The second kappa shape index (κ2) is 6.58. The van der Waals surface area contributed by atoms with Gasteiger partial charge in [0, 0.05) is 12.6 Å². The molecule has 0 amide bonds. The maximum atomic E-state index is 3.76. The van der Waals surface area contributed by atoms with Crippen molar-refractivity contribution in [2.24, 2.45) is 11.8 Å². The quantitative estimate of drug-likeness (QED) is 0.649. The van der Waals surface area contributed by atoms with Crippen LogP contribution in [0.3, 0.4) is 0 Å². The van der Waals surface area contributed by atoms with Gasteiger partial charge in [0.1, 0.15) is 0 Å². The van der Waals surface area contributed by atoms with Gasteiger partial charge in [-0.25, -0.2) is 0 Å². The Labute approximate surface area is 107 Å². The Hall–Kier alpha value is -0.300. The summed E-state index contributed by atoms with van der Waals surface area (Å²) in [6.45, 7) is 5.96. The van der Waals surface area contributed by atoms with Crippen LogP contribution in [0.2, 0.25) is 0 Å².